The van der Waals surface area contributed by atoms with Crippen LogP contribution in [0.15, 0.2) is 18.2 Å². The van der Waals surface area contributed by atoms with Gasteiger partial charge in [0.2, 0.25) is 0 Å². The summed E-state index contributed by atoms with van der Waals surface area (Å²) in [5.41, 5.74) is 2.18. The molecule has 70 valence electrons. The molecule has 0 unspecified atom stereocenters. The second-order valence-corrected chi connectivity index (χ2v) is 2.68. The highest BCUT2D eigenvalue weighted by molar-refractivity contribution is 7.80. The van der Waals surface area contributed by atoms with Gasteiger partial charge in [0, 0.05) is 11.8 Å². The van der Waals surface area contributed by atoms with Gasteiger partial charge in [-0.05, 0) is 24.4 Å². The van der Waals surface area contributed by atoms with Gasteiger partial charge in [0.25, 0.3) is 0 Å². The molecule has 1 rings (SSSR count). The van der Waals surface area contributed by atoms with Crippen molar-refractivity contribution in [2.45, 2.75) is 0 Å². The Kier molecular flexibility index (Phi) is 2.88. The minimum absolute atomic E-state index is 0.00471. The van der Waals surface area contributed by atoms with Crippen LogP contribution in [-0.4, -0.2) is 20.5 Å². The van der Waals surface area contributed by atoms with Crippen LogP contribution in [0.1, 0.15) is 0 Å². The number of hydroxylamine groups is 1. The molecule has 0 spiro atoms. The van der Waals surface area contributed by atoms with Crippen molar-refractivity contribution in [1.82, 2.24) is 5.48 Å². The summed E-state index contributed by atoms with van der Waals surface area (Å²) in [6, 6.07) is 4.08. The summed E-state index contributed by atoms with van der Waals surface area (Å²) in [5.74, 6) is -0.473. The van der Waals surface area contributed by atoms with E-state index >= 15 is 0 Å². The van der Waals surface area contributed by atoms with Crippen molar-refractivity contribution in [3.63, 3.8) is 0 Å². The van der Waals surface area contributed by atoms with Crippen LogP contribution < -0.4 is 10.8 Å². The van der Waals surface area contributed by atoms with Gasteiger partial charge >= 0.3 is 0 Å². The lowest BCUT2D eigenvalue weighted by Crippen LogP contribution is -2.24. The fourth-order valence-electron chi connectivity index (χ4n) is 0.760. The molecule has 0 aliphatic carbocycles. The summed E-state index contributed by atoms with van der Waals surface area (Å²) in [5, 5.41) is 28.9. The molecule has 5 N–H and O–H groups in total. The number of phenols is 2. The highest BCUT2D eigenvalue weighted by Crippen LogP contribution is 2.27. The predicted molar refractivity (Wildman–Crippen MR) is 50.9 cm³/mol. The molecule has 5 nitrogen and oxygen atoms in total. The van der Waals surface area contributed by atoms with E-state index in [2.05, 4.69) is 17.5 Å². The number of hydrogen-bond acceptors (Lipinski definition) is 4. The topological polar surface area (TPSA) is 84.8 Å². The third-order valence-corrected chi connectivity index (χ3v) is 1.53. The first kappa shape index (κ1) is 9.56. The summed E-state index contributed by atoms with van der Waals surface area (Å²) >= 11 is 4.60. The van der Waals surface area contributed by atoms with Crippen molar-refractivity contribution in [2.24, 2.45) is 0 Å². The van der Waals surface area contributed by atoms with Crippen LogP contribution in [0.25, 0.3) is 0 Å². The maximum atomic E-state index is 9.07. The molecule has 13 heavy (non-hydrogen) atoms. The van der Waals surface area contributed by atoms with Gasteiger partial charge in [0.05, 0.1) is 0 Å². The third kappa shape index (κ3) is 2.46. The Morgan fingerprint density at radius 1 is 1.23 bits per heavy atom. The van der Waals surface area contributed by atoms with Crippen molar-refractivity contribution in [3.05, 3.63) is 18.2 Å². The Hall–Kier alpha value is -1.53. The average Bonchev–Trinajstić information content (AvgIpc) is 2.11. The molecule has 1 aromatic carbocycles. The molecule has 0 aromatic heterocycles. The van der Waals surface area contributed by atoms with Crippen LogP contribution in [0, 0.1) is 0 Å². The van der Waals surface area contributed by atoms with Gasteiger partial charge < -0.3 is 15.5 Å². The van der Waals surface area contributed by atoms with Crippen LogP contribution in [0.3, 0.4) is 0 Å². The zero-order chi connectivity index (χ0) is 9.84. The van der Waals surface area contributed by atoms with E-state index in [-0.39, 0.29) is 16.6 Å². The molecule has 0 atom stereocenters. The van der Waals surface area contributed by atoms with Crippen LogP contribution in [-0.2, 0) is 0 Å². The minimum atomic E-state index is -0.259. The predicted octanol–water partition coefficient (Wildman–Crippen LogP) is 0.773. The van der Waals surface area contributed by atoms with E-state index in [1.165, 1.54) is 18.2 Å². The number of rotatable bonds is 1. The van der Waals surface area contributed by atoms with Crippen molar-refractivity contribution in [2.75, 3.05) is 5.32 Å². The lowest BCUT2D eigenvalue weighted by molar-refractivity contribution is 0.237. The molecule has 0 heterocycles. The molecule has 6 heteroatoms. The number of anilines is 1. The second kappa shape index (κ2) is 3.92. The molecule has 0 amide bonds. The number of aromatic hydroxyl groups is 2. The monoisotopic (exact) mass is 200 g/mol. The first-order chi connectivity index (χ1) is 6.13. The molecule has 0 fully saturated rings. The molecule has 1 aromatic rings. The molecule has 0 saturated heterocycles. The highest BCUT2D eigenvalue weighted by Gasteiger charge is 2.01. The minimum Gasteiger partial charge on any atom is -0.504 e. The Labute approximate surface area is 79.6 Å². The summed E-state index contributed by atoms with van der Waals surface area (Å²) < 4.78 is 0. The zero-order valence-electron chi connectivity index (χ0n) is 6.48. The number of thiocarbonyl (C=S) groups is 1. The van der Waals surface area contributed by atoms with E-state index in [0.717, 1.165) is 0 Å². The maximum Gasteiger partial charge on any atom is 0.194 e. The third-order valence-electron chi connectivity index (χ3n) is 1.33. The van der Waals surface area contributed by atoms with E-state index in [4.69, 9.17) is 15.4 Å². The quantitative estimate of drug-likeness (QED) is 0.199. The van der Waals surface area contributed by atoms with E-state index in [1.807, 2.05) is 0 Å². The normalized spacial score (nSPS) is 9.31. The number of phenolic OH excluding ortho intramolecular Hbond substituents is 2. The smallest absolute Gasteiger partial charge is 0.194 e. The second-order valence-electron chi connectivity index (χ2n) is 2.27. The van der Waals surface area contributed by atoms with E-state index in [9.17, 15) is 0 Å². The van der Waals surface area contributed by atoms with Crippen molar-refractivity contribution in [3.8, 4) is 11.5 Å². The van der Waals surface area contributed by atoms with Gasteiger partial charge in [-0.25, -0.2) is 5.48 Å². The fraction of sp³-hybridized carbons (Fsp3) is 0. The summed E-state index contributed by atoms with van der Waals surface area (Å²) in [6.45, 7) is 0. The lowest BCUT2D eigenvalue weighted by atomic mass is 10.3. The first-order valence-electron chi connectivity index (χ1n) is 3.36. The Balaban J connectivity index is 2.79. The first-order valence-corrected chi connectivity index (χ1v) is 3.77. The molecule has 0 bridgehead atoms. The van der Waals surface area contributed by atoms with Crippen LogP contribution in [0.2, 0.25) is 0 Å². The summed E-state index contributed by atoms with van der Waals surface area (Å²) in [7, 11) is 0. The number of nitrogens with one attached hydrogen (secondary N) is 2. The van der Waals surface area contributed by atoms with Gasteiger partial charge in [0.1, 0.15) is 0 Å². The Morgan fingerprint density at radius 2 is 1.92 bits per heavy atom. The van der Waals surface area contributed by atoms with Gasteiger partial charge in [-0.1, -0.05) is 0 Å². The van der Waals surface area contributed by atoms with Gasteiger partial charge in [-0.15, -0.1) is 0 Å². The van der Waals surface area contributed by atoms with Crippen LogP contribution in [0.5, 0.6) is 11.5 Å². The van der Waals surface area contributed by atoms with Gasteiger partial charge in [-0.2, -0.15) is 0 Å². The number of benzene rings is 1. The molecular weight excluding hydrogens is 192 g/mol. The van der Waals surface area contributed by atoms with Crippen molar-refractivity contribution >= 4 is 23.0 Å². The summed E-state index contributed by atoms with van der Waals surface area (Å²) in [4.78, 5) is 0. The molecule has 0 radical (unpaired) electrons. The fourth-order valence-corrected chi connectivity index (χ4v) is 0.878. The van der Waals surface area contributed by atoms with Crippen LogP contribution >= 0.6 is 12.2 Å². The lowest BCUT2D eigenvalue weighted by Gasteiger charge is -2.06. The Morgan fingerprint density at radius 3 is 2.46 bits per heavy atom. The van der Waals surface area contributed by atoms with Crippen LogP contribution in [0.4, 0.5) is 5.69 Å². The highest BCUT2D eigenvalue weighted by atomic mass is 32.1. The largest absolute Gasteiger partial charge is 0.504 e. The molecule has 0 aliphatic rings. The van der Waals surface area contributed by atoms with E-state index in [0.29, 0.717) is 5.69 Å². The van der Waals surface area contributed by atoms with Gasteiger partial charge in [-0.3, -0.25) is 5.21 Å². The SMILES string of the molecule is ONC(=S)Nc1ccc(O)c(O)c1. The van der Waals surface area contributed by atoms with Gasteiger partial charge in [0.15, 0.2) is 16.6 Å². The Bertz CT molecular complexity index is 330. The maximum absolute atomic E-state index is 9.07. The molecule has 0 aliphatic heterocycles. The summed E-state index contributed by atoms with van der Waals surface area (Å²) in [6.07, 6.45) is 0. The number of hydrogen-bond donors (Lipinski definition) is 5. The standard InChI is InChI=1S/C7H8N2O3S/c10-5-2-1-4(3-6(5)11)8-7(13)9-12/h1-3,10-12H,(H2,8,9,13). The van der Waals surface area contributed by atoms with Crippen molar-refractivity contribution in [1.29, 1.82) is 0 Å². The molecule has 0 saturated carbocycles. The molecular formula is C7H8N2O3S. The van der Waals surface area contributed by atoms with Crippen molar-refractivity contribution < 1.29 is 15.4 Å². The van der Waals surface area contributed by atoms with E-state index in [1.54, 1.807) is 5.48 Å². The zero-order valence-corrected chi connectivity index (χ0v) is 7.30. The average molecular weight is 200 g/mol. The van der Waals surface area contributed by atoms with E-state index < -0.39 is 0 Å².